The van der Waals surface area contributed by atoms with Crippen molar-refractivity contribution in [3.8, 4) is 5.75 Å². The molecule has 4 aliphatic carbocycles. The minimum atomic E-state index is -0.0128. The van der Waals surface area contributed by atoms with Gasteiger partial charge in [0, 0.05) is 33.9 Å². The molecule has 2 nitrogen and oxygen atoms in total. The van der Waals surface area contributed by atoms with Crippen LogP contribution in [0.1, 0.15) is 60.1 Å². The highest BCUT2D eigenvalue weighted by atomic mass is 16.5. The number of allylic oxidation sites excluding steroid dienone is 6. The van der Waals surface area contributed by atoms with Crippen LogP contribution < -0.4 is 4.74 Å². The Kier molecular flexibility index (Phi) is 4.22. The number of para-hydroxylation sites is 2. The van der Waals surface area contributed by atoms with Crippen molar-refractivity contribution < 1.29 is 4.74 Å². The van der Waals surface area contributed by atoms with E-state index in [1.54, 1.807) is 5.57 Å². The van der Waals surface area contributed by atoms with E-state index in [2.05, 4.69) is 122 Å². The number of hydrogen-bond donors (Lipinski definition) is 0. The predicted molar refractivity (Wildman–Crippen MR) is 159 cm³/mol. The lowest BCUT2D eigenvalue weighted by molar-refractivity contribution is 0.271. The molecule has 0 saturated heterocycles. The molecule has 0 spiro atoms. The second-order valence-electron chi connectivity index (χ2n) is 12.3. The third kappa shape index (κ3) is 2.72. The van der Waals surface area contributed by atoms with Gasteiger partial charge in [-0.2, -0.15) is 0 Å². The average Bonchev–Trinajstić information content (AvgIpc) is 3.59. The highest BCUT2D eigenvalue weighted by Gasteiger charge is 2.46. The van der Waals surface area contributed by atoms with Crippen molar-refractivity contribution in [3.63, 3.8) is 0 Å². The van der Waals surface area contributed by atoms with E-state index in [1.165, 1.54) is 56.5 Å². The average molecular weight is 506 g/mol. The van der Waals surface area contributed by atoms with Crippen molar-refractivity contribution in [3.05, 3.63) is 137 Å². The van der Waals surface area contributed by atoms with Crippen LogP contribution in [0.2, 0.25) is 0 Å². The number of hydrogen-bond acceptors (Lipinski definition) is 1. The van der Waals surface area contributed by atoms with Crippen LogP contribution in [0.15, 0.2) is 109 Å². The molecule has 0 amide bonds. The van der Waals surface area contributed by atoms with E-state index in [1.807, 2.05) is 0 Å². The zero-order chi connectivity index (χ0) is 25.9. The first-order valence-electron chi connectivity index (χ1n) is 14.4. The summed E-state index contributed by atoms with van der Waals surface area (Å²) >= 11 is 0. The van der Waals surface area contributed by atoms with Gasteiger partial charge in [0.25, 0.3) is 0 Å². The van der Waals surface area contributed by atoms with Crippen molar-refractivity contribution in [2.75, 3.05) is 0 Å². The summed E-state index contributed by atoms with van der Waals surface area (Å²) in [5.74, 6) is 2.10. The van der Waals surface area contributed by atoms with Crippen LogP contribution in [0.3, 0.4) is 0 Å². The summed E-state index contributed by atoms with van der Waals surface area (Å²) in [5.41, 5.74) is 13.0. The quantitative estimate of drug-likeness (QED) is 0.253. The Morgan fingerprint density at radius 1 is 0.872 bits per heavy atom. The van der Waals surface area contributed by atoms with Gasteiger partial charge < -0.3 is 9.30 Å². The molecule has 0 fully saturated rings. The third-order valence-corrected chi connectivity index (χ3v) is 10.2. The second-order valence-corrected chi connectivity index (χ2v) is 12.3. The number of aromatic nitrogens is 1. The molecule has 2 heteroatoms. The molecule has 3 aromatic carbocycles. The molecular formula is C37H31NO. The Morgan fingerprint density at radius 3 is 2.64 bits per heavy atom. The fourth-order valence-electron chi connectivity index (χ4n) is 8.48. The number of nitrogens with zero attached hydrogens (tertiary/aromatic N) is 1. The molecular weight excluding hydrogens is 474 g/mol. The zero-order valence-electron chi connectivity index (χ0n) is 22.4. The third-order valence-electron chi connectivity index (χ3n) is 10.2. The monoisotopic (exact) mass is 505 g/mol. The molecule has 0 N–H and O–H groups in total. The Morgan fingerprint density at radius 2 is 1.69 bits per heavy atom. The van der Waals surface area contributed by atoms with Crippen molar-refractivity contribution in [2.24, 2.45) is 5.92 Å². The Labute approximate surface area is 229 Å². The van der Waals surface area contributed by atoms with Gasteiger partial charge in [-0.25, -0.2) is 0 Å². The molecule has 4 aromatic rings. The Bertz CT molecular complexity index is 1840. The fourth-order valence-corrected chi connectivity index (χ4v) is 8.48. The van der Waals surface area contributed by atoms with E-state index in [9.17, 15) is 0 Å². The van der Waals surface area contributed by atoms with Crippen LogP contribution in [-0.2, 0) is 11.8 Å². The van der Waals surface area contributed by atoms with Gasteiger partial charge in [-0.1, -0.05) is 98.8 Å². The number of fused-ring (bicyclic) bond motifs is 11. The fraction of sp³-hybridized carbons (Fsp3) is 0.243. The summed E-state index contributed by atoms with van der Waals surface area (Å²) in [7, 11) is 0. The molecule has 1 aliphatic heterocycles. The van der Waals surface area contributed by atoms with E-state index in [4.69, 9.17) is 4.74 Å². The largest absolute Gasteiger partial charge is 0.483 e. The van der Waals surface area contributed by atoms with Gasteiger partial charge in [0.2, 0.25) is 0 Å². The standard InChI is InChI=1S/C37H31NO/c1-37(2)29-14-6-3-12-28(29)34-24-18-19-25-22-10-4-7-15-31(22)38(35(25)26(24)20-21-30(34)37)32-16-9-13-27-23-11-5-8-17-33(23)39-36(27)32/h3-17,20-21,24,26-27,36H,18-19H2,1-2H3. The SMILES string of the molecule is CC1(C)C2=C(c3ccccc31)C1CCc3c(n(C4=CC=CC5c6ccccc6OC45)c4ccccc34)C1C=C2. The number of aryl methyl sites for hydroxylation is 1. The van der Waals surface area contributed by atoms with E-state index in [0.29, 0.717) is 11.8 Å². The lowest BCUT2D eigenvalue weighted by Crippen LogP contribution is -2.29. The van der Waals surface area contributed by atoms with Gasteiger partial charge in [0.15, 0.2) is 0 Å². The molecule has 1 aromatic heterocycles. The molecule has 4 unspecified atom stereocenters. The molecule has 5 aliphatic rings. The van der Waals surface area contributed by atoms with Crippen molar-refractivity contribution in [1.82, 2.24) is 4.57 Å². The maximum atomic E-state index is 6.70. The van der Waals surface area contributed by atoms with E-state index in [0.717, 1.165) is 12.2 Å². The van der Waals surface area contributed by atoms with Gasteiger partial charge >= 0.3 is 0 Å². The van der Waals surface area contributed by atoms with E-state index < -0.39 is 0 Å². The second kappa shape index (κ2) is 7.54. The first-order chi connectivity index (χ1) is 19.1. The van der Waals surface area contributed by atoms with E-state index in [-0.39, 0.29) is 17.4 Å². The molecule has 0 radical (unpaired) electrons. The van der Waals surface area contributed by atoms with Crippen LogP contribution in [0.5, 0.6) is 5.75 Å². The first-order valence-corrected chi connectivity index (χ1v) is 14.4. The summed E-state index contributed by atoms with van der Waals surface area (Å²) in [5, 5.41) is 1.40. The molecule has 39 heavy (non-hydrogen) atoms. The van der Waals surface area contributed by atoms with E-state index >= 15 is 0 Å². The minimum absolute atomic E-state index is 0.0128. The maximum Gasteiger partial charge on any atom is 0.149 e. The van der Waals surface area contributed by atoms with Crippen LogP contribution in [-0.4, -0.2) is 10.7 Å². The molecule has 9 rings (SSSR count). The van der Waals surface area contributed by atoms with Crippen molar-refractivity contribution >= 4 is 22.2 Å². The summed E-state index contributed by atoms with van der Waals surface area (Å²) in [6.07, 6.45) is 14.1. The molecule has 2 heterocycles. The van der Waals surface area contributed by atoms with Crippen molar-refractivity contribution in [1.29, 1.82) is 0 Å². The first kappa shape index (κ1) is 21.8. The number of benzene rings is 3. The number of rotatable bonds is 1. The minimum Gasteiger partial charge on any atom is -0.483 e. The maximum absolute atomic E-state index is 6.70. The zero-order valence-corrected chi connectivity index (χ0v) is 22.4. The smallest absolute Gasteiger partial charge is 0.149 e. The lowest BCUT2D eigenvalue weighted by atomic mass is 9.68. The van der Waals surface area contributed by atoms with Crippen LogP contribution >= 0.6 is 0 Å². The van der Waals surface area contributed by atoms with Gasteiger partial charge in [-0.15, -0.1) is 0 Å². The normalized spacial score (nSPS) is 26.8. The molecule has 4 atom stereocenters. The summed E-state index contributed by atoms with van der Waals surface area (Å²) in [6.45, 7) is 4.80. The predicted octanol–water partition coefficient (Wildman–Crippen LogP) is 8.56. The van der Waals surface area contributed by atoms with Gasteiger partial charge in [0.1, 0.15) is 11.9 Å². The van der Waals surface area contributed by atoms with Crippen LogP contribution in [0, 0.1) is 5.92 Å². The lowest BCUT2D eigenvalue weighted by Gasteiger charge is -2.38. The molecule has 0 saturated carbocycles. The molecule has 190 valence electrons. The topological polar surface area (TPSA) is 14.2 Å². The van der Waals surface area contributed by atoms with Gasteiger partial charge in [-0.3, -0.25) is 0 Å². The summed E-state index contributed by atoms with van der Waals surface area (Å²) in [6, 6.07) is 26.7. The summed E-state index contributed by atoms with van der Waals surface area (Å²) < 4.78 is 9.29. The van der Waals surface area contributed by atoms with Crippen LogP contribution in [0.25, 0.3) is 22.2 Å². The Hall–Kier alpha value is -4.04. The molecule has 0 bridgehead atoms. The number of ether oxygens (including phenoxy) is 1. The highest BCUT2D eigenvalue weighted by molar-refractivity contribution is 5.92. The van der Waals surface area contributed by atoms with Crippen molar-refractivity contribution in [2.45, 2.75) is 50.0 Å². The highest BCUT2D eigenvalue weighted by Crippen LogP contribution is 2.58. The Balaban J connectivity index is 1.25. The van der Waals surface area contributed by atoms with Crippen LogP contribution in [0.4, 0.5) is 0 Å². The van der Waals surface area contributed by atoms with Gasteiger partial charge in [-0.05, 0) is 64.8 Å². The van der Waals surface area contributed by atoms with Gasteiger partial charge in [0.05, 0.1) is 11.2 Å². The summed E-state index contributed by atoms with van der Waals surface area (Å²) in [4.78, 5) is 0.